The monoisotopic (exact) mass is 424 g/mol. The fraction of sp³-hybridized carbons (Fsp3) is 0. The Morgan fingerprint density at radius 1 is 0.967 bits per heavy atom. The molecule has 0 heterocycles. The maximum absolute atomic E-state index is 12.5. The van der Waals surface area contributed by atoms with Crippen LogP contribution in [0.3, 0.4) is 0 Å². The molecule has 0 aliphatic rings. The zero-order valence-electron chi connectivity index (χ0n) is 15.4. The van der Waals surface area contributed by atoms with E-state index in [0.29, 0.717) is 11.3 Å². The Hall–Kier alpha value is -4.05. The molecule has 0 saturated carbocycles. The number of carbonyl (C=O) groups excluding carboxylic acids is 1. The Kier molecular flexibility index (Phi) is 6.18. The average molecular weight is 424 g/mol. The van der Waals surface area contributed by atoms with Crippen molar-refractivity contribution >= 4 is 33.5 Å². The summed E-state index contributed by atoms with van der Waals surface area (Å²) in [6.45, 7) is 0. The minimum absolute atomic E-state index is 0.140. The van der Waals surface area contributed by atoms with Gasteiger partial charge in [-0.1, -0.05) is 36.4 Å². The van der Waals surface area contributed by atoms with Crippen molar-refractivity contribution in [2.45, 2.75) is 4.90 Å². The second-order valence-electron chi connectivity index (χ2n) is 6.05. The summed E-state index contributed by atoms with van der Waals surface area (Å²) in [6, 6.07) is 19.8. The van der Waals surface area contributed by atoms with E-state index in [1.54, 1.807) is 30.3 Å². The molecule has 0 bridgehead atoms. The predicted octanol–water partition coefficient (Wildman–Crippen LogP) is 3.16. The van der Waals surface area contributed by atoms with E-state index in [0.717, 1.165) is 6.21 Å². The van der Waals surface area contributed by atoms with Gasteiger partial charge in [-0.05, 0) is 30.3 Å². The third kappa shape index (κ3) is 5.26. The third-order valence-electron chi connectivity index (χ3n) is 3.91. The minimum Gasteiger partial charge on any atom is -0.322 e. The van der Waals surface area contributed by atoms with Gasteiger partial charge < -0.3 is 5.32 Å². The molecule has 0 aliphatic heterocycles. The lowest BCUT2D eigenvalue weighted by atomic mass is 10.2. The van der Waals surface area contributed by atoms with Gasteiger partial charge in [-0.3, -0.25) is 14.9 Å². The van der Waals surface area contributed by atoms with E-state index < -0.39 is 20.9 Å². The van der Waals surface area contributed by atoms with Gasteiger partial charge in [0.05, 0.1) is 16.0 Å². The highest BCUT2D eigenvalue weighted by Gasteiger charge is 2.16. The highest BCUT2D eigenvalue weighted by atomic mass is 32.2. The van der Waals surface area contributed by atoms with E-state index in [2.05, 4.69) is 10.4 Å². The van der Waals surface area contributed by atoms with E-state index in [9.17, 15) is 23.3 Å². The standard InChI is InChI=1S/C20H16N4O5S/c25-20(22-17-8-2-1-3-9-17)16-7-5-11-19(13-16)30(28,29)23-21-14-15-6-4-10-18(12-15)24(26)27/h1-14,23H,(H,22,25)/b21-14+. The molecular weight excluding hydrogens is 408 g/mol. The molecule has 3 aromatic carbocycles. The Morgan fingerprint density at radius 3 is 2.43 bits per heavy atom. The maximum atomic E-state index is 12.5. The summed E-state index contributed by atoms with van der Waals surface area (Å²) in [5, 5.41) is 17.1. The number of benzene rings is 3. The molecule has 152 valence electrons. The van der Waals surface area contributed by atoms with Crippen LogP contribution < -0.4 is 10.1 Å². The number of carbonyl (C=O) groups is 1. The summed E-state index contributed by atoms with van der Waals surface area (Å²) in [7, 11) is -4.05. The second kappa shape index (κ2) is 8.97. The molecule has 0 saturated heterocycles. The molecule has 1 amide bonds. The molecule has 0 spiro atoms. The molecule has 3 aromatic rings. The van der Waals surface area contributed by atoms with Crippen LogP contribution in [0.2, 0.25) is 0 Å². The lowest BCUT2D eigenvalue weighted by Gasteiger charge is -2.07. The normalized spacial score (nSPS) is 11.2. The quantitative estimate of drug-likeness (QED) is 0.342. The molecule has 3 rings (SSSR count). The first kappa shape index (κ1) is 20.7. The summed E-state index contributed by atoms with van der Waals surface area (Å²) in [5.74, 6) is -0.460. The van der Waals surface area contributed by atoms with Gasteiger partial charge in [0.2, 0.25) is 0 Å². The highest BCUT2D eigenvalue weighted by molar-refractivity contribution is 7.89. The van der Waals surface area contributed by atoms with Crippen molar-refractivity contribution in [1.29, 1.82) is 0 Å². The number of para-hydroxylation sites is 1. The third-order valence-corrected chi connectivity index (χ3v) is 5.13. The van der Waals surface area contributed by atoms with Gasteiger partial charge in [-0.15, -0.1) is 0 Å². The van der Waals surface area contributed by atoms with E-state index in [4.69, 9.17) is 0 Å². The van der Waals surface area contributed by atoms with Crippen LogP contribution in [0.5, 0.6) is 0 Å². The average Bonchev–Trinajstić information content (AvgIpc) is 2.74. The first-order chi connectivity index (χ1) is 14.3. The number of anilines is 1. The molecular formula is C20H16N4O5S. The van der Waals surface area contributed by atoms with Crippen molar-refractivity contribution < 1.29 is 18.1 Å². The molecule has 0 radical (unpaired) electrons. The SMILES string of the molecule is O=C(Nc1ccccc1)c1cccc(S(=O)(=O)N/N=C/c2cccc([N+](=O)[O-])c2)c1. The summed E-state index contributed by atoms with van der Waals surface area (Å²) in [5.41, 5.74) is 0.946. The van der Waals surface area contributed by atoms with Crippen LogP contribution in [0.1, 0.15) is 15.9 Å². The largest absolute Gasteiger partial charge is 0.322 e. The summed E-state index contributed by atoms with van der Waals surface area (Å²) in [6.07, 6.45) is 1.15. The van der Waals surface area contributed by atoms with Crippen LogP contribution in [0.4, 0.5) is 11.4 Å². The second-order valence-corrected chi connectivity index (χ2v) is 7.71. The number of nitro benzene ring substituents is 1. The first-order valence-corrected chi connectivity index (χ1v) is 10.1. The Balaban J connectivity index is 1.73. The van der Waals surface area contributed by atoms with Gasteiger partial charge in [-0.2, -0.15) is 13.5 Å². The zero-order chi connectivity index (χ0) is 21.6. The Labute approximate surface area is 172 Å². The zero-order valence-corrected chi connectivity index (χ0v) is 16.2. The molecule has 0 aromatic heterocycles. The number of non-ortho nitro benzene ring substituents is 1. The van der Waals surface area contributed by atoms with Crippen LogP contribution in [-0.2, 0) is 10.0 Å². The molecule has 0 unspecified atom stereocenters. The van der Waals surface area contributed by atoms with Crippen LogP contribution in [-0.4, -0.2) is 25.5 Å². The van der Waals surface area contributed by atoms with Gasteiger partial charge in [0.25, 0.3) is 21.6 Å². The van der Waals surface area contributed by atoms with Crippen LogP contribution >= 0.6 is 0 Å². The lowest BCUT2D eigenvalue weighted by molar-refractivity contribution is -0.384. The van der Waals surface area contributed by atoms with Crippen LogP contribution in [0, 0.1) is 10.1 Å². The molecule has 0 aliphatic carbocycles. The predicted molar refractivity (Wildman–Crippen MR) is 112 cm³/mol. The van der Waals surface area contributed by atoms with Gasteiger partial charge in [0.1, 0.15) is 0 Å². The van der Waals surface area contributed by atoms with Crippen molar-refractivity contribution in [3.05, 3.63) is 100 Å². The number of amides is 1. The van der Waals surface area contributed by atoms with E-state index in [1.807, 2.05) is 10.9 Å². The number of nitrogens with zero attached hydrogens (tertiary/aromatic N) is 2. The molecule has 30 heavy (non-hydrogen) atoms. The van der Waals surface area contributed by atoms with E-state index in [1.165, 1.54) is 42.5 Å². The number of nitro groups is 1. The van der Waals surface area contributed by atoms with Crippen LogP contribution in [0.25, 0.3) is 0 Å². The molecule has 10 heteroatoms. The minimum atomic E-state index is -4.05. The number of nitrogens with one attached hydrogen (secondary N) is 2. The smallest absolute Gasteiger partial charge is 0.276 e. The number of sulfonamides is 1. The molecule has 0 fully saturated rings. The van der Waals surface area contributed by atoms with Gasteiger partial charge in [0.15, 0.2) is 0 Å². The topological polar surface area (TPSA) is 131 Å². The number of hydrogen-bond donors (Lipinski definition) is 2. The highest BCUT2D eigenvalue weighted by Crippen LogP contribution is 2.15. The summed E-state index contributed by atoms with van der Waals surface area (Å²) >= 11 is 0. The van der Waals surface area contributed by atoms with Crippen molar-refractivity contribution in [3.63, 3.8) is 0 Å². The molecule has 9 nitrogen and oxygen atoms in total. The fourth-order valence-corrected chi connectivity index (χ4v) is 3.31. The van der Waals surface area contributed by atoms with E-state index in [-0.39, 0.29) is 16.1 Å². The van der Waals surface area contributed by atoms with E-state index >= 15 is 0 Å². The molecule has 0 atom stereocenters. The van der Waals surface area contributed by atoms with Crippen molar-refractivity contribution in [3.8, 4) is 0 Å². The number of hydrogen-bond acceptors (Lipinski definition) is 6. The first-order valence-electron chi connectivity index (χ1n) is 8.61. The van der Waals surface area contributed by atoms with Gasteiger partial charge in [-0.25, -0.2) is 4.83 Å². The van der Waals surface area contributed by atoms with Crippen molar-refractivity contribution in [2.75, 3.05) is 5.32 Å². The number of hydrazone groups is 1. The number of rotatable bonds is 7. The maximum Gasteiger partial charge on any atom is 0.276 e. The Morgan fingerprint density at radius 2 is 1.70 bits per heavy atom. The van der Waals surface area contributed by atoms with Crippen LogP contribution in [0.15, 0.2) is 88.9 Å². The molecule has 2 N–H and O–H groups in total. The summed E-state index contributed by atoms with van der Waals surface area (Å²) in [4.78, 5) is 24.5. The van der Waals surface area contributed by atoms with Crippen molar-refractivity contribution in [2.24, 2.45) is 5.10 Å². The van der Waals surface area contributed by atoms with Gasteiger partial charge in [0, 0.05) is 28.9 Å². The Bertz CT molecular complexity index is 1210. The fourth-order valence-electron chi connectivity index (χ4n) is 2.47. The lowest BCUT2D eigenvalue weighted by Crippen LogP contribution is -2.19. The van der Waals surface area contributed by atoms with Crippen molar-refractivity contribution in [1.82, 2.24) is 4.83 Å². The van der Waals surface area contributed by atoms with Gasteiger partial charge >= 0.3 is 0 Å². The summed E-state index contributed by atoms with van der Waals surface area (Å²) < 4.78 is 24.9.